The maximum atomic E-state index is 11.2. The molecule has 0 aliphatic rings. The van der Waals surface area contributed by atoms with E-state index in [0.29, 0.717) is 10.8 Å². The fourth-order valence-electron chi connectivity index (χ4n) is 1.71. The molecule has 4 nitrogen and oxygen atoms in total. The van der Waals surface area contributed by atoms with Crippen molar-refractivity contribution in [3.05, 3.63) is 40.9 Å². The van der Waals surface area contributed by atoms with Gasteiger partial charge < -0.3 is 9.84 Å². The van der Waals surface area contributed by atoms with Crippen LogP contribution in [0.1, 0.15) is 17.3 Å². The van der Waals surface area contributed by atoms with E-state index in [1.807, 2.05) is 0 Å². The van der Waals surface area contributed by atoms with Gasteiger partial charge in [0.2, 0.25) is 0 Å². The number of rotatable bonds is 2. The van der Waals surface area contributed by atoms with Crippen LogP contribution in [-0.4, -0.2) is 17.0 Å². The Morgan fingerprint density at radius 3 is 2.56 bits per heavy atom. The standard InChI is InChI=1S/C13H9ClO4/c1-7(15)18-10-6-8-4-2-3-5-9(8)12(14)11(10)13(16)17/h2-6H,1H3,(H,16,17). The number of fused-ring (bicyclic) bond motifs is 1. The molecule has 0 bridgehead atoms. The van der Waals surface area contributed by atoms with Gasteiger partial charge in [-0.25, -0.2) is 4.79 Å². The summed E-state index contributed by atoms with van der Waals surface area (Å²) in [6.07, 6.45) is 0. The molecule has 5 heteroatoms. The van der Waals surface area contributed by atoms with Gasteiger partial charge in [-0.05, 0) is 11.5 Å². The number of benzene rings is 2. The van der Waals surface area contributed by atoms with Crippen molar-refractivity contribution in [2.45, 2.75) is 6.92 Å². The molecule has 1 N–H and O–H groups in total. The average Bonchev–Trinajstić information content (AvgIpc) is 2.27. The van der Waals surface area contributed by atoms with Gasteiger partial charge >= 0.3 is 11.9 Å². The summed E-state index contributed by atoms with van der Waals surface area (Å²) in [5.41, 5.74) is -0.203. The van der Waals surface area contributed by atoms with Gasteiger partial charge in [0.15, 0.2) is 0 Å². The molecule has 0 radical (unpaired) electrons. The average molecular weight is 265 g/mol. The highest BCUT2D eigenvalue weighted by Crippen LogP contribution is 2.34. The number of ether oxygens (including phenoxy) is 1. The van der Waals surface area contributed by atoms with Crippen LogP contribution in [0.25, 0.3) is 10.8 Å². The van der Waals surface area contributed by atoms with Crippen LogP contribution in [0.15, 0.2) is 30.3 Å². The molecule has 0 heterocycles. The first-order valence-corrected chi connectivity index (χ1v) is 5.51. The quantitative estimate of drug-likeness (QED) is 0.669. The second-order valence-corrected chi connectivity index (χ2v) is 4.06. The molecule has 0 saturated heterocycles. The SMILES string of the molecule is CC(=O)Oc1cc2ccccc2c(Cl)c1C(=O)O. The molecule has 0 saturated carbocycles. The van der Waals surface area contributed by atoms with Crippen LogP contribution in [0.2, 0.25) is 5.02 Å². The minimum absolute atomic E-state index is 0.0429. The van der Waals surface area contributed by atoms with Gasteiger partial charge in [-0.3, -0.25) is 4.79 Å². The van der Waals surface area contributed by atoms with E-state index in [0.717, 1.165) is 0 Å². The Balaban J connectivity index is 2.78. The zero-order chi connectivity index (χ0) is 13.3. The molecular formula is C13H9ClO4. The normalized spacial score (nSPS) is 10.3. The highest BCUT2D eigenvalue weighted by Gasteiger charge is 2.20. The molecular weight excluding hydrogens is 256 g/mol. The Kier molecular flexibility index (Phi) is 3.21. The van der Waals surface area contributed by atoms with Gasteiger partial charge in [-0.1, -0.05) is 35.9 Å². The summed E-state index contributed by atoms with van der Waals surface area (Å²) < 4.78 is 4.89. The Morgan fingerprint density at radius 2 is 1.94 bits per heavy atom. The summed E-state index contributed by atoms with van der Waals surface area (Å²) >= 11 is 6.05. The predicted molar refractivity (Wildman–Crippen MR) is 67.2 cm³/mol. The molecule has 0 aliphatic heterocycles. The molecule has 0 fully saturated rings. The van der Waals surface area contributed by atoms with Crippen molar-refractivity contribution >= 4 is 34.3 Å². The summed E-state index contributed by atoms with van der Waals surface area (Å²) in [6.45, 7) is 1.20. The lowest BCUT2D eigenvalue weighted by molar-refractivity contribution is -0.131. The van der Waals surface area contributed by atoms with E-state index in [4.69, 9.17) is 21.4 Å². The molecule has 0 aliphatic carbocycles. The van der Waals surface area contributed by atoms with Crippen LogP contribution in [-0.2, 0) is 4.79 Å². The lowest BCUT2D eigenvalue weighted by Gasteiger charge is -2.10. The third kappa shape index (κ3) is 2.15. The first kappa shape index (κ1) is 12.4. The van der Waals surface area contributed by atoms with E-state index < -0.39 is 11.9 Å². The summed E-state index contributed by atoms with van der Waals surface area (Å²) in [5, 5.41) is 10.5. The second kappa shape index (κ2) is 4.66. The lowest BCUT2D eigenvalue weighted by atomic mass is 10.1. The fraction of sp³-hybridized carbons (Fsp3) is 0.0769. The molecule has 18 heavy (non-hydrogen) atoms. The Morgan fingerprint density at radius 1 is 1.28 bits per heavy atom. The third-order valence-corrected chi connectivity index (χ3v) is 2.81. The van der Waals surface area contributed by atoms with Crippen molar-refractivity contribution in [3.63, 3.8) is 0 Å². The van der Waals surface area contributed by atoms with Gasteiger partial charge in [0.1, 0.15) is 11.3 Å². The van der Waals surface area contributed by atoms with Crippen molar-refractivity contribution in [1.82, 2.24) is 0 Å². The monoisotopic (exact) mass is 264 g/mol. The van der Waals surface area contributed by atoms with Crippen LogP contribution >= 0.6 is 11.6 Å². The van der Waals surface area contributed by atoms with Crippen LogP contribution in [0.3, 0.4) is 0 Å². The van der Waals surface area contributed by atoms with Crippen molar-refractivity contribution in [2.75, 3.05) is 0 Å². The number of hydrogen-bond donors (Lipinski definition) is 1. The highest BCUT2D eigenvalue weighted by molar-refractivity contribution is 6.38. The van der Waals surface area contributed by atoms with Gasteiger partial charge in [0.25, 0.3) is 0 Å². The number of carbonyl (C=O) groups excluding carboxylic acids is 1. The van der Waals surface area contributed by atoms with Gasteiger partial charge in [0.05, 0.1) is 5.02 Å². The Bertz CT molecular complexity index is 649. The Labute approximate surface area is 108 Å². The number of carboxylic acid groups (broad SMARTS) is 1. The zero-order valence-electron chi connectivity index (χ0n) is 9.44. The lowest BCUT2D eigenvalue weighted by Crippen LogP contribution is -2.08. The summed E-state index contributed by atoms with van der Waals surface area (Å²) in [5.74, 6) is -1.87. The number of aromatic carboxylic acids is 1. The van der Waals surface area contributed by atoms with Crippen LogP contribution in [0.5, 0.6) is 5.75 Å². The Hall–Kier alpha value is -2.07. The predicted octanol–water partition coefficient (Wildman–Crippen LogP) is 3.12. The largest absolute Gasteiger partial charge is 0.478 e. The van der Waals surface area contributed by atoms with Crippen molar-refractivity contribution in [1.29, 1.82) is 0 Å². The number of halogens is 1. The van der Waals surface area contributed by atoms with E-state index in [1.54, 1.807) is 24.3 Å². The molecule has 2 rings (SSSR count). The molecule has 92 valence electrons. The topological polar surface area (TPSA) is 63.6 Å². The first-order valence-electron chi connectivity index (χ1n) is 5.13. The van der Waals surface area contributed by atoms with Gasteiger partial charge in [-0.2, -0.15) is 0 Å². The molecule has 0 atom stereocenters. The second-order valence-electron chi connectivity index (χ2n) is 3.68. The van der Waals surface area contributed by atoms with Gasteiger partial charge in [0, 0.05) is 12.3 Å². The highest BCUT2D eigenvalue weighted by atomic mass is 35.5. The third-order valence-electron chi connectivity index (χ3n) is 2.42. The van der Waals surface area contributed by atoms with E-state index in [-0.39, 0.29) is 16.3 Å². The van der Waals surface area contributed by atoms with Crippen molar-refractivity contribution < 1.29 is 19.4 Å². The zero-order valence-corrected chi connectivity index (χ0v) is 10.2. The number of hydrogen-bond acceptors (Lipinski definition) is 3. The fourth-order valence-corrected chi connectivity index (χ4v) is 2.06. The molecule has 0 spiro atoms. The number of esters is 1. The van der Waals surface area contributed by atoms with Crippen LogP contribution < -0.4 is 4.74 Å². The minimum atomic E-state index is -1.23. The van der Waals surface area contributed by atoms with Crippen molar-refractivity contribution in [3.8, 4) is 5.75 Å². The van der Waals surface area contributed by atoms with E-state index >= 15 is 0 Å². The maximum absolute atomic E-state index is 11.2. The first-order chi connectivity index (χ1) is 8.50. The maximum Gasteiger partial charge on any atom is 0.341 e. The summed E-state index contributed by atoms with van der Waals surface area (Å²) in [4.78, 5) is 22.2. The van der Waals surface area contributed by atoms with E-state index in [9.17, 15) is 9.59 Å². The number of carboxylic acids is 1. The molecule has 2 aromatic carbocycles. The summed E-state index contributed by atoms with van der Waals surface area (Å²) in [7, 11) is 0. The molecule has 0 aromatic heterocycles. The van der Waals surface area contributed by atoms with Gasteiger partial charge in [-0.15, -0.1) is 0 Å². The van der Waals surface area contributed by atoms with Crippen LogP contribution in [0, 0.1) is 0 Å². The molecule has 0 unspecified atom stereocenters. The summed E-state index contributed by atoms with van der Waals surface area (Å²) in [6, 6.07) is 8.51. The molecule has 0 amide bonds. The molecule has 2 aromatic rings. The van der Waals surface area contributed by atoms with Crippen molar-refractivity contribution in [2.24, 2.45) is 0 Å². The number of carbonyl (C=O) groups is 2. The van der Waals surface area contributed by atoms with Crippen LogP contribution in [0.4, 0.5) is 0 Å². The smallest absolute Gasteiger partial charge is 0.341 e. The van der Waals surface area contributed by atoms with E-state index in [2.05, 4.69) is 0 Å². The van der Waals surface area contributed by atoms with E-state index in [1.165, 1.54) is 13.0 Å². The minimum Gasteiger partial charge on any atom is -0.478 e.